The summed E-state index contributed by atoms with van der Waals surface area (Å²) < 4.78 is 20.6. The molecule has 2 aromatic heterocycles. The fourth-order valence-corrected chi connectivity index (χ4v) is 5.98. The number of pyridine rings is 1. The van der Waals surface area contributed by atoms with E-state index in [4.69, 9.17) is 24.0 Å². The minimum absolute atomic E-state index is 0.289. The van der Waals surface area contributed by atoms with Crippen LogP contribution in [0.3, 0.4) is 0 Å². The topological polar surface area (TPSA) is 98.9 Å². The van der Waals surface area contributed by atoms with E-state index in [0.29, 0.717) is 19.9 Å². The highest BCUT2D eigenvalue weighted by molar-refractivity contribution is 6.76. The Bertz CT molecular complexity index is 1390. The Morgan fingerprint density at radius 1 is 1.12 bits per heavy atom. The molecule has 1 atom stereocenters. The first-order chi connectivity index (χ1) is 18.8. The van der Waals surface area contributed by atoms with Crippen LogP contribution in [0.4, 0.5) is 4.79 Å². The van der Waals surface area contributed by atoms with E-state index in [1.54, 1.807) is 0 Å². The largest absolute Gasteiger partial charge is 0.494 e. The molecule has 9 nitrogen and oxygen atoms in total. The Hall–Kier alpha value is -2.73. The SMILES string of the molecule is CC1(C)OB(c2ccc3cc(-c4cnc([C@@H]5CCCN5C(=O)O)n4COCC[Si](C)(C)C)cnc3c2)OC1(C)C. The molecular weight excluding hydrogens is 523 g/mol. The third-order valence-corrected chi connectivity index (χ3v) is 10.1. The minimum Gasteiger partial charge on any atom is -0.465 e. The summed E-state index contributed by atoms with van der Waals surface area (Å²) in [7, 11) is -1.69. The van der Waals surface area contributed by atoms with Crippen molar-refractivity contribution < 1.29 is 23.9 Å². The van der Waals surface area contributed by atoms with Crippen LogP contribution in [0.2, 0.25) is 25.7 Å². The molecule has 4 heterocycles. The summed E-state index contributed by atoms with van der Waals surface area (Å²) in [4.78, 5) is 22.9. The molecule has 0 bridgehead atoms. The van der Waals surface area contributed by atoms with E-state index in [2.05, 4.69) is 25.7 Å². The maximum Gasteiger partial charge on any atom is 0.494 e. The number of ether oxygens (including phenoxy) is 1. The van der Waals surface area contributed by atoms with Crippen molar-refractivity contribution >= 4 is 37.7 Å². The van der Waals surface area contributed by atoms with Crippen LogP contribution >= 0.6 is 0 Å². The quantitative estimate of drug-likeness (QED) is 0.284. The second kappa shape index (κ2) is 10.6. The van der Waals surface area contributed by atoms with Gasteiger partial charge in [0.25, 0.3) is 0 Å². The van der Waals surface area contributed by atoms with Crippen molar-refractivity contribution in [2.24, 2.45) is 0 Å². The Morgan fingerprint density at radius 2 is 1.85 bits per heavy atom. The molecule has 2 saturated heterocycles. The molecule has 1 N–H and O–H groups in total. The first-order valence-electron chi connectivity index (χ1n) is 14.1. The van der Waals surface area contributed by atoms with E-state index in [9.17, 15) is 9.90 Å². The molecule has 214 valence electrons. The molecule has 1 amide bonds. The van der Waals surface area contributed by atoms with Crippen molar-refractivity contribution in [1.29, 1.82) is 0 Å². The molecular formula is C29H41BN4O5Si. The van der Waals surface area contributed by atoms with Gasteiger partial charge in [0, 0.05) is 38.4 Å². The van der Waals surface area contributed by atoms with Crippen LogP contribution in [-0.4, -0.2) is 70.2 Å². The molecule has 0 spiro atoms. The number of nitrogens with zero attached hydrogens (tertiary/aromatic N) is 4. The van der Waals surface area contributed by atoms with E-state index >= 15 is 0 Å². The monoisotopic (exact) mass is 564 g/mol. The standard InChI is InChI=1S/C29H41BN4O5Si/c1-28(2)29(3,4)39-30(38-28)22-11-10-20-15-21(17-31-23(20)16-22)25-18-32-26(24-9-8-12-33(24)27(35)36)34(25)19-37-13-14-40(5,6)7/h10-11,15-18,24H,8-9,12-14,19H2,1-7H3,(H,35,36)/t24-/m0/s1. The highest BCUT2D eigenvalue weighted by Crippen LogP contribution is 2.37. The average Bonchev–Trinajstić information content (AvgIpc) is 3.56. The van der Waals surface area contributed by atoms with E-state index in [1.165, 1.54) is 4.90 Å². The minimum atomic E-state index is -1.25. The molecule has 1 aromatic carbocycles. The third kappa shape index (κ3) is 5.70. The van der Waals surface area contributed by atoms with Gasteiger partial charge >= 0.3 is 13.2 Å². The predicted octanol–water partition coefficient (Wildman–Crippen LogP) is 5.52. The van der Waals surface area contributed by atoms with Crippen LogP contribution in [0.1, 0.15) is 52.4 Å². The van der Waals surface area contributed by atoms with Gasteiger partial charge in [-0.1, -0.05) is 31.8 Å². The first-order valence-corrected chi connectivity index (χ1v) is 17.8. The maximum absolute atomic E-state index is 11.9. The molecule has 3 aromatic rings. The summed E-state index contributed by atoms with van der Waals surface area (Å²) in [5, 5.41) is 10.8. The number of aromatic nitrogens is 3. The number of fused-ring (bicyclic) bond motifs is 1. The zero-order valence-electron chi connectivity index (χ0n) is 24.7. The summed E-state index contributed by atoms with van der Waals surface area (Å²) >= 11 is 0. The van der Waals surface area contributed by atoms with E-state index in [0.717, 1.165) is 52.3 Å². The summed E-state index contributed by atoms with van der Waals surface area (Å²) in [5.74, 6) is 0.721. The van der Waals surface area contributed by atoms with Gasteiger partial charge in [-0.25, -0.2) is 9.78 Å². The second-order valence-corrected chi connectivity index (χ2v) is 18.8. The fraction of sp³-hybridized carbons (Fsp3) is 0.552. The van der Waals surface area contributed by atoms with Crippen LogP contribution in [0.25, 0.3) is 22.2 Å². The fourth-order valence-electron chi connectivity index (χ4n) is 5.22. The number of hydrogen-bond acceptors (Lipinski definition) is 6. The number of rotatable bonds is 8. The van der Waals surface area contributed by atoms with Gasteiger partial charge in [-0.3, -0.25) is 9.88 Å². The summed E-state index contributed by atoms with van der Waals surface area (Å²) in [6.45, 7) is 16.7. The highest BCUT2D eigenvalue weighted by Gasteiger charge is 2.51. The first kappa shape index (κ1) is 28.8. The van der Waals surface area contributed by atoms with E-state index in [1.807, 2.05) is 62.9 Å². The van der Waals surface area contributed by atoms with Crippen LogP contribution < -0.4 is 5.46 Å². The molecule has 5 rings (SSSR count). The number of carbonyl (C=O) groups is 1. The van der Waals surface area contributed by atoms with Gasteiger partial charge in [0.1, 0.15) is 12.6 Å². The van der Waals surface area contributed by atoms with Crippen molar-refractivity contribution in [3.05, 3.63) is 42.5 Å². The maximum atomic E-state index is 11.9. The molecule has 0 unspecified atom stereocenters. The lowest BCUT2D eigenvalue weighted by atomic mass is 9.78. The lowest BCUT2D eigenvalue weighted by Gasteiger charge is -2.32. The normalized spacial score (nSPS) is 20.5. The smallest absolute Gasteiger partial charge is 0.465 e. The number of benzene rings is 1. The Kier molecular flexibility index (Phi) is 7.62. The summed E-state index contributed by atoms with van der Waals surface area (Å²) in [6.07, 6.45) is 4.31. The Labute approximate surface area is 238 Å². The lowest BCUT2D eigenvalue weighted by molar-refractivity contribution is 0.00578. The Morgan fingerprint density at radius 3 is 2.52 bits per heavy atom. The average molecular weight is 565 g/mol. The van der Waals surface area contributed by atoms with Gasteiger partial charge < -0.3 is 23.7 Å². The summed E-state index contributed by atoms with van der Waals surface area (Å²) in [6, 6.07) is 8.96. The van der Waals surface area contributed by atoms with Gasteiger partial charge in [-0.2, -0.15) is 0 Å². The van der Waals surface area contributed by atoms with E-state index < -0.39 is 32.5 Å². The zero-order valence-corrected chi connectivity index (χ0v) is 25.7. The van der Waals surface area contributed by atoms with Crippen molar-refractivity contribution in [3.8, 4) is 11.3 Å². The second-order valence-electron chi connectivity index (χ2n) is 13.2. The molecule has 2 aliphatic rings. The van der Waals surface area contributed by atoms with E-state index in [-0.39, 0.29) is 6.04 Å². The van der Waals surface area contributed by atoms with Crippen molar-refractivity contribution in [2.75, 3.05) is 13.2 Å². The number of carboxylic acid groups (broad SMARTS) is 1. The van der Waals surface area contributed by atoms with Gasteiger partial charge in [-0.05, 0) is 64.2 Å². The zero-order chi connectivity index (χ0) is 28.9. The van der Waals surface area contributed by atoms with Crippen LogP contribution in [0.5, 0.6) is 0 Å². The molecule has 2 fully saturated rings. The van der Waals surface area contributed by atoms with Crippen LogP contribution in [-0.2, 0) is 20.8 Å². The Balaban J connectivity index is 1.45. The van der Waals surface area contributed by atoms with Gasteiger partial charge in [0.15, 0.2) is 0 Å². The van der Waals surface area contributed by atoms with Crippen molar-refractivity contribution in [2.45, 2.75) is 90.2 Å². The lowest BCUT2D eigenvalue weighted by Crippen LogP contribution is -2.41. The summed E-state index contributed by atoms with van der Waals surface area (Å²) in [5.41, 5.74) is 2.73. The third-order valence-electron chi connectivity index (χ3n) is 8.43. The van der Waals surface area contributed by atoms with Crippen molar-refractivity contribution in [1.82, 2.24) is 19.4 Å². The number of amides is 1. The van der Waals surface area contributed by atoms with Gasteiger partial charge in [0.05, 0.1) is 34.7 Å². The van der Waals surface area contributed by atoms with Gasteiger partial charge in [-0.15, -0.1) is 0 Å². The van der Waals surface area contributed by atoms with Crippen LogP contribution in [0.15, 0.2) is 36.7 Å². The predicted molar refractivity (Wildman–Crippen MR) is 159 cm³/mol. The number of hydrogen-bond donors (Lipinski definition) is 1. The molecule has 11 heteroatoms. The molecule has 0 radical (unpaired) electrons. The van der Waals surface area contributed by atoms with Gasteiger partial charge in [0.2, 0.25) is 0 Å². The van der Waals surface area contributed by atoms with Crippen molar-refractivity contribution in [3.63, 3.8) is 0 Å². The van der Waals surface area contributed by atoms with Crippen LogP contribution in [0, 0.1) is 0 Å². The molecule has 2 aliphatic heterocycles. The number of likely N-dealkylation sites (tertiary alicyclic amines) is 1. The molecule has 0 aliphatic carbocycles. The highest BCUT2D eigenvalue weighted by atomic mass is 28.3. The molecule has 40 heavy (non-hydrogen) atoms. The molecule has 0 saturated carbocycles. The number of imidazole rings is 1.